The molecule has 0 saturated carbocycles. The molecular formula is C15H16FN5O. The van der Waals surface area contributed by atoms with Crippen molar-refractivity contribution in [1.82, 2.24) is 9.97 Å². The fourth-order valence-electron chi connectivity index (χ4n) is 2.35. The number of rotatable bonds is 3. The molecule has 1 aromatic carbocycles. The Morgan fingerprint density at radius 2 is 1.82 bits per heavy atom. The van der Waals surface area contributed by atoms with Crippen LogP contribution in [0.1, 0.15) is 12.8 Å². The first-order valence-corrected chi connectivity index (χ1v) is 7.11. The van der Waals surface area contributed by atoms with Gasteiger partial charge in [0.05, 0.1) is 0 Å². The molecule has 1 aromatic heterocycles. The Balaban J connectivity index is 1.63. The molecule has 0 radical (unpaired) electrons. The predicted octanol–water partition coefficient (Wildman–Crippen LogP) is 2.86. The largest absolute Gasteiger partial charge is 0.356 e. The first-order valence-electron chi connectivity index (χ1n) is 7.11. The molecule has 0 atom stereocenters. The number of halogens is 1. The Hall–Kier alpha value is -2.70. The Morgan fingerprint density at radius 3 is 2.55 bits per heavy atom. The quantitative estimate of drug-likeness (QED) is 0.914. The maximum absolute atomic E-state index is 12.8. The first-order chi connectivity index (χ1) is 10.7. The molecule has 0 aliphatic carbocycles. The van der Waals surface area contributed by atoms with E-state index >= 15 is 0 Å². The number of benzene rings is 1. The normalized spacial score (nSPS) is 14.0. The highest BCUT2D eigenvalue weighted by Crippen LogP contribution is 2.19. The van der Waals surface area contributed by atoms with Gasteiger partial charge in [0, 0.05) is 24.8 Å². The zero-order chi connectivity index (χ0) is 15.4. The van der Waals surface area contributed by atoms with Crippen LogP contribution in [0.5, 0.6) is 0 Å². The van der Waals surface area contributed by atoms with Gasteiger partial charge in [0.1, 0.15) is 23.8 Å². The summed E-state index contributed by atoms with van der Waals surface area (Å²) in [5, 5.41) is 5.26. The monoisotopic (exact) mass is 301 g/mol. The average Bonchev–Trinajstić information content (AvgIpc) is 3.04. The number of hydrogen-bond acceptors (Lipinski definition) is 4. The van der Waals surface area contributed by atoms with Crippen LogP contribution < -0.4 is 15.5 Å². The number of hydrogen-bond donors (Lipinski definition) is 2. The van der Waals surface area contributed by atoms with Gasteiger partial charge in [0.2, 0.25) is 0 Å². The van der Waals surface area contributed by atoms with Crippen molar-refractivity contribution in [3.05, 3.63) is 42.5 Å². The second kappa shape index (κ2) is 6.38. The van der Waals surface area contributed by atoms with Crippen molar-refractivity contribution in [2.45, 2.75) is 12.8 Å². The Kier molecular flexibility index (Phi) is 4.13. The van der Waals surface area contributed by atoms with Gasteiger partial charge >= 0.3 is 6.03 Å². The molecule has 3 rings (SSSR count). The number of anilines is 3. The zero-order valence-corrected chi connectivity index (χ0v) is 11.9. The zero-order valence-electron chi connectivity index (χ0n) is 11.9. The number of nitrogens with one attached hydrogen (secondary N) is 2. The maximum atomic E-state index is 12.8. The standard InChI is InChI=1S/C15H16FN5O/c16-11-3-5-12(6-4-11)19-15(22)20-13-9-14(18-10-17-13)21-7-1-2-8-21/h3-6,9-10H,1-2,7-8H2,(H2,17,18,19,20,22). The van der Waals surface area contributed by atoms with E-state index in [9.17, 15) is 9.18 Å². The summed E-state index contributed by atoms with van der Waals surface area (Å²) in [6.07, 6.45) is 3.73. The Morgan fingerprint density at radius 1 is 1.09 bits per heavy atom. The van der Waals surface area contributed by atoms with Crippen LogP contribution in [-0.2, 0) is 0 Å². The number of aromatic nitrogens is 2. The van der Waals surface area contributed by atoms with Gasteiger partial charge in [-0.1, -0.05) is 0 Å². The smallest absolute Gasteiger partial charge is 0.324 e. The second-order valence-corrected chi connectivity index (χ2v) is 5.04. The van der Waals surface area contributed by atoms with Crippen molar-refractivity contribution in [1.29, 1.82) is 0 Å². The van der Waals surface area contributed by atoms with E-state index in [1.165, 1.54) is 30.6 Å². The van der Waals surface area contributed by atoms with Crippen LogP contribution >= 0.6 is 0 Å². The van der Waals surface area contributed by atoms with Crippen molar-refractivity contribution in [3.63, 3.8) is 0 Å². The SMILES string of the molecule is O=C(Nc1ccc(F)cc1)Nc1cc(N2CCCC2)ncn1. The molecule has 0 spiro atoms. The molecule has 1 aliphatic heterocycles. The number of amides is 2. The molecule has 1 aliphatic rings. The van der Waals surface area contributed by atoms with Crippen molar-refractivity contribution >= 4 is 23.4 Å². The fraction of sp³-hybridized carbons (Fsp3) is 0.267. The van der Waals surface area contributed by atoms with Crippen molar-refractivity contribution in [2.75, 3.05) is 28.6 Å². The van der Waals surface area contributed by atoms with Crippen LogP contribution in [0.15, 0.2) is 36.7 Å². The maximum Gasteiger partial charge on any atom is 0.324 e. The van der Waals surface area contributed by atoms with E-state index in [0.29, 0.717) is 11.5 Å². The molecule has 114 valence electrons. The summed E-state index contributed by atoms with van der Waals surface area (Å²) in [6.45, 7) is 1.94. The van der Waals surface area contributed by atoms with E-state index in [1.807, 2.05) is 0 Å². The molecular weight excluding hydrogens is 285 g/mol. The summed E-state index contributed by atoms with van der Waals surface area (Å²) in [5.74, 6) is 0.887. The number of urea groups is 1. The van der Waals surface area contributed by atoms with Crippen molar-refractivity contribution in [3.8, 4) is 0 Å². The molecule has 7 heteroatoms. The summed E-state index contributed by atoms with van der Waals surface area (Å²) >= 11 is 0. The highest BCUT2D eigenvalue weighted by molar-refractivity contribution is 5.99. The molecule has 1 saturated heterocycles. The van der Waals surface area contributed by atoms with Gasteiger partial charge in [-0.05, 0) is 37.1 Å². The lowest BCUT2D eigenvalue weighted by Crippen LogP contribution is -2.22. The highest BCUT2D eigenvalue weighted by Gasteiger charge is 2.14. The van der Waals surface area contributed by atoms with Gasteiger partial charge < -0.3 is 10.2 Å². The minimum Gasteiger partial charge on any atom is -0.356 e. The third-order valence-corrected chi connectivity index (χ3v) is 3.43. The summed E-state index contributed by atoms with van der Waals surface area (Å²) in [7, 11) is 0. The van der Waals surface area contributed by atoms with E-state index in [2.05, 4.69) is 25.5 Å². The number of carbonyl (C=O) groups is 1. The van der Waals surface area contributed by atoms with Crippen LogP contribution in [0, 0.1) is 5.82 Å². The van der Waals surface area contributed by atoms with Crippen LogP contribution in [0.25, 0.3) is 0 Å². The molecule has 2 N–H and O–H groups in total. The summed E-state index contributed by atoms with van der Waals surface area (Å²) in [4.78, 5) is 22.3. The molecule has 0 bridgehead atoms. The lowest BCUT2D eigenvalue weighted by molar-refractivity contribution is 0.262. The van der Waals surface area contributed by atoms with Gasteiger partial charge in [0.25, 0.3) is 0 Å². The Labute approximate surface area is 127 Å². The molecule has 1 fully saturated rings. The van der Waals surface area contributed by atoms with E-state index in [-0.39, 0.29) is 5.82 Å². The summed E-state index contributed by atoms with van der Waals surface area (Å²) < 4.78 is 12.8. The van der Waals surface area contributed by atoms with Gasteiger partial charge in [-0.15, -0.1) is 0 Å². The minimum absolute atomic E-state index is 0.350. The van der Waals surface area contributed by atoms with E-state index < -0.39 is 6.03 Å². The molecule has 6 nitrogen and oxygen atoms in total. The third-order valence-electron chi connectivity index (χ3n) is 3.43. The Bertz CT molecular complexity index is 655. The van der Waals surface area contributed by atoms with Crippen LogP contribution in [0.3, 0.4) is 0 Å². The molecule has 2 amide bonds. The minimum atomic E-state index is -0.433. The third kappa shape index (κ3) is 3.49. The lowest BCUT2D eigenvalue weighted by atomic mass is 10.3. The van der Waals surface area contributed by atoms with Gasteiger partial charge in [-0.3, -0.25) is 5.32 Å². The van der Waals surface area contributed by atoms with Gasteiger partial charge in [-0.2, -0.15) is 0 Å². The lowest BCUT2D eigenvalue weighted by Gasteiger charge is -2.16. The number of nitrogens with zero attached hydrogens (tertiary/aromatic N) is 3. The van der Waals surface area contributed by atoms with Crippen LogP contribution in [-0.4, -0.2) is 29.1 Å². The molecule has 0 unspecified atom stereocenters. The van der Waals surface area contributed by atoms with Gasteiger partial charge in [-0.25, -0.2) is 19.2 Å². The van der Waals surface area contributed by atoms with Gasteiger partial charge in [0.15, 0.2) is 0 Å². The van der Waals surface area contributed by atoms with E-state index in [1.54, 1.807) is 6.07 Å². The second-order valence-electron chi connectivity index (χ2n) is 5.04. The first kappa shape index (κ1) is 14.2. The number of carbonyl (C=O) groups excluding carboxylic acids is 1. The van der Waals surface area contributed by atoms with Crippen molar-refractivity contribution in [2.24, 2.45) is 0 Å². The summed E-state index contributed by atoms with van der Waals surface area (Å²) in [6, 6.07) is 6.86. The molecule has 2 heterocycles. The van der Waals surface area contributed by atoms with E-state index in [4.69, 9.17) is 0 Å². The van der Waals surface area contributed by atoms with Crippen LogP contribution in [0.2, 0.25) is 0 Å². The fourth-order valence-corrected chi connectivity index (χ4v) is 2.35. The average molecular weight is 301 g/mol. The highest BCUT2D eigenvalue weighted by atomic mass is 19.1. The predicted molar refractivity (Wildman–Crippen MR) is 82.5 cm³/mol. The molecule has 22 heavy (non-hydrogen) atoms. The topological polar surface area (TPSA) is 70.2 Å². The summed E-state index contributed by atoms with van der Waals surface area (Å²) in [5.41, 5.74) is 0.507. The van der Waals surface area contributed by atoms with Crippen LogP contribution in [0.4, 0.5) is 26.5 Å². The van der Waals surface area contributed by atoms with Crippen molar-refractivity contribution < 1.29 is 9.18 Å². The molecule has 2 aromatic rings. The van der Waals surface area contributed by atoms with E-state index in [0.717, 1.165) is 31.7 Å².